The lowest BCUT2D eigenvalue weighted by atomic mass is 10.1. The molecule has 0 aliphatic carbocycles. The summed E-state index contributed by atoms with van der Waals surface area (Å²) in [7, 11) is 0. The van der Waals surface area contributed by atoms with Crippen LogP contribution in [0.3, 0.4) is 0 Å². The van der Waals surface area contributed by atoms with Gasteiger partial charge in [-0.05, 0) is 0 Å². The van der Waals surface area contributed by atoms with Gasteiger partial charge in [0.2, 0.25) is 5.91 Å². The van der Waals surface area contributed by atoms with Crippen LogP contribution in [0.25, 0.3) is 0 Å². The second-order valence-electron chi connectivity index (χ2n) is 2.78. The lowest BCUT2D eigenvalue weighted by Crippen LogP contribution is -2.48. The molecule has 0 radical (unpaired) electrons. The number of aromatic nitrogens is 2. The topological polar surface area (TPSA) is 92.9 Å². The molecule has 0 saturated carbocycles. The van der Waals surface area contributed by atoms with Crippen molar-refractivity contribution >= 4 is 11.7 Å². The van der Waals surface area contributed by atoms with Crippen LogP contribution in [0.4, 0.5) is 5.82 Å². The Balaban J connectivity index is 2.24. The summed E-state index contributed by atoms with van der Waals surface area (Å²) in [6, 6.07) is -0.413. The van der Waals surface area contributed by atoms with Gasteiger partial charge in [-0.15, -0.1) is 0 Å². The van der Waals surface area contributed by atoms with E-state index in [1.807, 2.05) is 0 Å². The maximum Gasteiger partial charge on any atom is 0.236 e. The first-order chi connectivity index (χ1) is 6.27. The van der Waals surface area contributed by atoms with Gasteiger partial charge < -0.3 is 11.2 Å². The number of nitrogens with zero attached hydrogens (tertiary/aromatic N) is 2. The van der Waals surface area contributed by atoms with Crippen LogP contribution in [0.2, 0.25) is 0 Å². The summed E-state index contributed by atoms with van der Waals surface area (Å²) in [5, 5.41) is 0. The maximum atomic E-state index is 10.8. The summed E-state index contributed by atoms with van der Waals surface area (Å²) in [5.41, 5.74) is 11.4. The predicted molar refractivity (Wildman–Crippen MR) is 45.5 cm³/mol. The Morgan fingerprint density at radius 3 is 3.08 bits per heavy atom. The van der Waals surface area contributed by atoms with E-state index in [9.17, 15) is 4.79 Å². The Labute approximate surface area is 74.5 Å². The highest BCUT2D eigenvalue weighted by molar-refractivity contribution is 5.81. The standard InChI is InChI=1S/C7H9N5O/c8-6(13)4-3-5-7(12-11-4)10-2-1-9-5/h1-2,4,11H,3H2,(H2,8,13)(H,10,12). The van der Waals surface area contributed by atoms with Gasteiger partial charge in [0.1, 0.15) is 6.04 Å². The molecule has 6 nitrogen and oxygen atoms in total. The van der Waals surface area contributed by atoms with Crippen LogP contribution in [0, 0.1) is 0 Å². The number of carbonyl (C=O) groups excluding carboxylic acids is 1. The number of nitrogens with one attached hydrogen (secondary N) is 2. The Bertz CT molecular complexity index is 339. The normalized spacial score (nSPS) is 20.2. The zero-order valence-electron chi connectivity index (χ0n) is 6.82. The maximum absolute atomic E-state index is 10.8. The first-order valence-electron chi connectivity index (χ1n) is 3.88. The summed E-state index contributed by atoms with van der Waals surface area (Å²) in [6.07, 6.45) is 3.65. The second kappa shape index (κ2) is 2.98. The van der Waals surface area contributed by atoms with E-state index in [1.54, 1.807) is 12.4 Å². The van der Waals surface area contributed by atoms with Crippen molar-refractivity contribution in [3.8, 4) is 0 Å². The molecule has 1 aromatic rings. The number of carbonyl (C=O) groups is 1. The molecule has 13 heavy (non-hydrogen) atoms. The van der Waals surface area contributed by atoms with Crippen LogP contribution in [0.5, 0.6) is 0 Å². The molecule has 0 bridgehead atoms. The number of fused-ring (bicyclic) bond motifs is 1. The highest BCUT2D eigenvalue weighted by Gasteiger charge is 2.23. The van der Waals surface area contributed by atoms with E-state index in [4.69, 9.17) is 5.73 Å². The fourth-order valence-corrected chi connectivity index (χ4v) is 1.19. The Kier molecular flexibility index (Phi) is 1.82. The van der Waals surface area contributed by atoms with Crippen molar-refractivity contribution in [1.82, 2.24) is 15.4 Å². The first-order valence-corrected chi connectivity index (χ1v) is 3.88. The van der Waals surface area contributed by atoms with Gasteiger partial charge in [-0.1, -0.05) is 0 Å². The zero-order valence-corrected chi connectivity index (χ0v) is 6.82. The Morgan fingerprint density at radius 1 is 1.54 bits per heavy atom. The molecular weight excluding hydrogens is 170 g/mol. The first kappa shape index (κ1) is 7.93. The van der Waals surface area contributed by atoms with E-state index in [-0.39, 0.29) is 0 Å². The smallest absolute Gasteiger partial charge is 0.236 e. The number of nitrogens with two attached hydrogens (primary N) is 1. The number of amides is 1. The average molecular weight is 179 g/mol. The molecule has 0 fully saturated rings. The molecule has 68 valence electrons. The van der Waals surface area contributed by atoms with Crippen molar-refractivity contribution in [3.63, 3.8) is 0 Å². The minimum absolute atomic E-state index is 0.399. The number of hydrogen-bond donors (Lipinski definition) is 3. The molecule has 1 aromatic heterocycles. The fraction of sp³-hybridized carbons (Fsp3) is 0.286. The van der Waals surface area contributed by atoms with Gasteiger partial charge in [0.25, 0.3) is 0 Å². The van der Waals surface area contributed by atoms with Crippen molar-refractivity contribution < 1.29 is 4.79 Å². The molecule has 1 unspecified atom stereocenters. The molecule has 2 heterocycles. The second-order valence-corrected chi connectivity index (χ2v) is 2.78. The molecular formula is C7H9N5O. The number of hydrogen-bond acceptors (Lipinski definition) is 5. The molecule has 1 atom stereocenters. The number of primary amides is 1. The summed E-state index contributed by atoms with van der Waals surface area (Å²) in [5.74, 6) is 0.254. The lowest BCUT2D eigenvalue weighted by Gasteiger charge is -2.22. The molecule has 0 aromatic carbocycles. The van der Waals surface area contributed by atoms with E-state index in [0.717, 1.165) is 5.69 Å². The molecule has 2 rings (SSSR count). The molecule has 1 amide bonds. The minimum Gasteiger partial charge on any atom is -0.368 e. The quantitative estimate of drug-likeness (QED) is 0.503. The number of hydrazine groups is 1. The summed E-state index contributed by atoms with van der Waals surface area (Å²) >= 11 is 0. The number of anilines is 1. The molecule has 1 aliphatic heterocycles. The van der Waals surface area contributed by atoms with Gasteiger partial charge in [0.15, 0.2) is 5.82 Å². The van der Waals surface area contributed by atoms with Crippen LogP contribution in [-0.2, 0) is 11.2 Å². The largest absolute Gasteiger partial charge is 0.368 e. The predicted octanol–water partition coefficient (Wildman–Crippen LogP) is -1.20. The van der Waals surface area contributed by atoms with E-state index >= 15 is 0 Å². The average Bonchev–Trinajstić information content (AvgIpc) is 2.17. The fourth-order valence-electron chi connectivity index (χ4n) is 1.19. The minimum atomic E-state index is -0.413. The molecule has 4 N–H and O–H groups in total. The van der Waals surface area contributed by atoms with Gasteiger partial charge in [-0.2, -0.15) is 0 Å². The van der Waals surface area contributed by atoms with Crippen LogP contribution < -0.4 is 16.6 Å². The SMILES string of the molecule is NC(=O)C1Cc2nccnc2NN1. The molecule has 0 saturated heterocycles. The van der Waals surface area contributed by atoms with Crippen molar-refractivity contribution in [2.75, 3.05) is 5.43 Å². The highest BCUT2D eigenvalue weighted by atomic mass is 16.1. The van der Waals surface area contributed by atoms with Crippen molar-refractivity contribution in [2.24, 2.45) is 5.73 Å². The summed E-state index contributed by atoms with van der Waals surface area (Å²) in [6.45, 7) is 0. The van der Waals surface area contributed by atoms with E-state index in [2.05, 4.69) is 20.8 Å². The third-order valence-corrected chi connectivity index (χ3v) is 1.88. The molecule has 1 aliphatic rings. The third-order valence-electron chi connectivity index (χ3n) is 1.88. The number of rotatable bonds is 1. The van der Waals surface area contributed by atoms with E-state index in [1.165, 1.54) is 0 Å². The zero-order chi connectivity index (χ0) is 9.26. The van der Waals surface area contributed by atoms with Crippen LogP contribution in [0.15, 0.2) is 12.4 Å². The van der Waals surface area contributed by atoms with Gasteiger partial charge >= 0.3 is 0 Å². The Morgan fingerprint density at radius 2 is 2.31 bits per heavy atom. The van der Waals surface area contributed by atoms with E-state index < -0.39 is 11.9 Å². The summed E-state index contributed by atoms with van der Waals surface area (Å²) < 4.78 is 0. The monoisotopic (exact) mass is 179 g/mol. The van der Waals surface area contributed by atoms with Gasteiger partial charge in [0.05, 0.1) is 5.69 Å². The van der Waals surface area contributed by atoms with Crippen LogP contribution in [0.1, 0.15) is 5.69 Å². The van der Waals surface area contributed by atoms with Crippen molar-refractivity contribution in [2.45, 2.75) is 12.5 Å². The van der Waals surface area contributed by atoms with E-state index in [0.29, 0.717) is 12.2 Å². The lowest BCUT2D eigenvalue weighted by molar-refractivity contribution is -0.119. The van der Waals surface area contributed by atoms with Gasteiger partial charge in [-0.25, -0.2) is 10.4 Å². The van der Waals surface area contributed by atoms with Crippen molar-refractivity contribution in [3.05, 3.63) is 18.1 Å². The Hall–Kier alpha value is -1.69. The molecule has 0 spiro atoms. The van der Waals surface area contributed by atoms with Crippen LogP contribution >= 0.6 is 0 Å². The highest BCUT2D eigenvalue weighted by Crippen LogP contribution is 2.13. The van der Waals surface area contributed by atoms with Gasteiger partial charge in [0, 0.05) is 18.8 Å². The third kappa shape index (κ3) is 1.43. The van der Waals surface area contributed by atoms with Crippen molar-refractivity contribution in [1.29, 1.82) is 0 Å². The summed E-state index contributed by atoms with van der Waals surface area (Å²) in [4.78, 5) is 18.9. The van der Waals surface area contributed by atoms with Gasteiger partial charge in [-0.3, -0.25) is 9.78 Å². The molecule has 6 heteroatoms. The van der Waals surface area contributed by atoms with Crippen LogP contribution in [-0.4, -0.2) is 21.9 Å².